The zero-order valence-electron chi connectivity index (χ0n) is 17.5. The molecule has 162 valence electrons. The van der Waals surface area contributed by atoms with Crippen LogP contribution in [0.4, 0.5) is 0 Å². The van der Waals surface area contributed by atoms with Crippen molar-refractivity contribution in [2.75, 3.05) is 6.54 Å². The summed E-state index contributed by atoms with van der Waals surface area (Å²) in [5, 5.41) is 3.26. The lowest BCUT2D eigenvalue weighted by atomic mass is 10.1. The summed E-state index contributed by atoms with van der Waals surface area (Å²) in [7, 11) is -3.90. The van der Waals surface area contributed by atoms with E-state index in [1.54, 1.807) is 0 Å². The van der Waals surface area contributed by atoms with Crippen LogP contribution in [0.25, 0.3) is 0 Å². The topological polar surface area (TPSA) is 66.5 Å². The van der Waals surface area contributed by atoms with E-state index < -0.39 is 10.0 Å². The number of rotatable bonds is 8. The molecule has 3 aromatic rings. The number of hydrogen-bond donors (Lipinski definition) is 1. The maximum atomic E-state index is 13.3. The molecule has 0 aliphatic heterocycles. The van der Waals surface area contributed by atoms with Gasteiger partial charge in [-0.05, 0) is 49.2 Å². The normalized spacial score (nSPS) is 11.5. The van der Waals surface area contributed by atoms with E-state index in [0.29, 0.717) is 11.6 Å². The molecule has 1 N–H and O–H groups in total. The molecule has 3 rings (SSSR count). The molecule has 0 atom stereocenters. The van der Waals surface area contributed by atoms with Crippen LogP contribution in [-0.4, -0.2) is 25.2 Å². The Morgan fingerprint density at radius 2 is 1.58 bits per heavy atom. The fourth-order valence-corrected chi connectivity index (χ4v) is 4.63. The molecule has 0 spiro atoms. The molecule has 0 unspecified atom stereocenters. The Kier molecular flexibility index (Phi) is 7.49. The van der Waals surface area contributed by atoms with Gasteiger partial charge in [-0.15, -0.1) is 0 Å². The molecule has 5 nitrogen and oxygen atoms in total. The lowest BCUT2D eigenvalue weighted by Crippen LogP contribution is -2.40. The van der Waals surface area contributed by atoms with E-state index in [0.717, 1.165) is 22.3 Å². The lowest BCUT2D eigenvalue weighted by molar-refractivity contribution is -0.121. The molecule has 0 saturated heterocycles. The van der Waals surface area contributed by atoms with E-state index >= 15 is 0 Å². The van der Waals surface area contributed by atoms with Crippen LogP contribution < -0.4 is 5.32 Å². The molecule has 3 aromatic carbocycles. The van der Waals surface area contributed by atoms with Gasteiger partial charge in [0.05, 0.1) is 11.4 Å². The van der Waals surface area contributed by atoms with Crippen molar-refractivity contribution < 1.29 is 13.2 Å². The van der Waals surface area contributed by atoms with Crippen LogP contribution in [0, 0.1) is 13.8 Å². The minimum absolute atomic E-state index is 0.0879. The molecule has 0 aliphatic carbocycles. The van der Waals surface area contributed by atoms with Crippen LogP contribution in [0.3, 0.4) is 0 Å². The third-order valence-electron chi connectivity index (χ3n) is 4.82. The van der Waals surface area contributed by atoms with Crippen LogP contribution >= 0.6 is 11.6 Å². The average Bonchev–Trinajstić information content (AvgIpc) is 2.73. The zero-order valence-corrected chi connectivity index (χ0v) is 19.1. The molecule has 0 fully saturated rings. The number of benzene rings is 3. The average molecular weight is 457 g/mol. The van der Waals surface area contributed by atoms with E-state index in [1.165, 1.54) is 28.6 Å². The number of carbonyl (C=O) groups is 1. The number of carbonyl (C=O) groups excluding carboxylic acids is 1. The molecular formula is C24H25ClN2O3S. The van der Waals surface area contributed by atoms with Crippen molar-refractivity contribution in [2.24, 2.45) is 0 Å². The fraction of sp³-hybridized carbons (Fsp3) is 0.208. The highest BCUT2D eigenvalue weighted by atomic mass is 35.5. The van der Waals surface area contributed by atoms with Crippen LogP contribution in [0.5, 0.6) is 0 Å². The lowest BCUT2D eigenvalue weighted by Gasteiger charge is -2.22. The van der Waals surface area contributed by atoms with Crippen LogP contribution in [-0.2, 0) is 27.9 Å². The molecule has 0 heterocycles. The van der Waals surface area contributed by atoms with Crippen LogP contribution in [0.2, 0.25) is 5.02 Å². The number of nitrogens with one attached hydrogen (secondary N) is 1. The third-order valence-corrected chi connectivity index (χ3v) is 6.88. The Labute approximate surface area is 188 Å². The van der Waals surface area contributed by atoms with Gasteiger partial charge in [0, 0.05) is 18.1 Å². The molecule has 7 heteroatoms. The zero-order chi connectivity index (χ0) is 22.4. The fourth-order valence-electron chi connectivity index (χ4n) is 3.12. The summed E-state index contributed by atoms with van der Waals surface area (Å²) in [5.41, 5.74) is 3.91. The summed E-state index contributed by atoms with van der Waals surface area (Å²) in [4.78, 5) is 12.7. The van der Waals surface area contributed by atoms with Gasteiger partial charge in [-0.2, -0.15) is 4.31 Å². The van der Waals surface area contributed by atoms with Gasteiger partial charge in [0.15, 0.2) is 0 Å². The van der Waals surface area contributed by atoms with Crippen molar-refractivity contribution in [1.82, 2.24) is 9.62 Å². The van der Waals surface area contributed by atoms with Crippen molar-refractivity contribution in [3.8, 4) is 0 Å². The van der Waals surface area contributed by atoms with Crippen molar-refractivity contribution in [3.63, 3.8) is 0 Å². The first kappa shape index (κ1) is 23.0. The number of sulfonamides is 1. The minimum Gasteiger partial charge on any atom is -0.351 e. The molecule has 0 bridgehead atoms. The number of aryl methyl sites for hydroxylation is 2. The van der Waals surface area contributed by atoms with E-state index in [-0.39, 0.29) is 23.9 Å². The maximum Gasteiger partial charge on any atom is 0.243 e. The monoisotopic (exact) mass is 456 g/mol. The highest BCUT2D eigenvalue weighted by molar-refractivity contribution is 7.89. The van der Waals surface area contributed by atoms with Crippen molar-refractivity contribution in [3.05, 3.63) is 100 Å². The first-order chi connectivity index (χ1) is 14.7. The summed E-state index contributed by atoms with van der Waals surface area (Å²) in [5.74, 6) is -0.370. The Hall–Kier alpha value is -2.67. The van der Waals surface area contributed by atoms with Gasteiger partial charge in [-0.3, -0.25) is 4.79 Å². The number of halogens is 1. The highest BCUT2D eigenvalue weighted by Crippen LogP contribution is 2.21. The predicted octanol–water partition coefficient (Wildman–Crippen LogP) is 4.46. The van der Waals surface area contributed by atoms with Gasteiger partial charge < -0.3 is 5.32 Å². The molecule has 31 heavy (non-hydrogen) atoms. The Balaban J connectivity index is 1.80. The van der Waals surface area contributed by atoms with Gasteiger partial charge in [-0.25, -0.2) is 8.42 Å². The minimum atomic E-state index is -3.90. The molecule has 0 saturated carbocycles. The highest BCUT2D eigenvalue weighted by Gasteiger charge is 2.27. The summed E-state index contributed by atoms with van der Waals surface area (Å²) in [6, 6.07) is 21.3. The summed E-state index contributed by atoms with van der Waals surface area (Å²) >= 11 is 5.91. The van der Waals surface area contributed by atoms with Gasteiger partial charge in [0.1, 0.15) is 0 Å². The molecule has 0 aliphatic rings. The molecular weight excluding hydrogens is 432 g/mol. The van der Waals surface area contributed by atoms with Crippen molar-refractivity contribution >= 4 is 27.5 Å². The van der Waals surface area contributed by atoms with E-state index in [4.69, 9.17) is 11.6 Å². The molecule has 0 aromatic heterocycles. The Morgan fingerprint density at radius 3 is 2.23 bits per heavy atom. The van der Waals surface area contributed by atoms with Gasteiger partial charge in [0.25, 0.3) is 0 Å². The van der Waals surface area contributed by atoms with E-state index in [9.17, 15) is 13.2 Å². The third kappa shape index (κ3) is 6.40. The quantitative estimate of drug-likeness (QED) is 0.544. The van der Waals surface area contributed by atoms with Gasteiger partial charge in [-0.1, -0.05) is 71.3 Å². The molecule has 0 radical (unpaired) electrons. The van der Waals surface area contributed by atoms with Gasteiger partial charge >= 0.3 is 0 Å². The SMILES string of the molecule is Cc1ccc(CNC(=O)CN(Cc2cccc(C)c2)S(=O)(=O)c2ccc(Cl)cc2)cc1. The maximum absolute atomic E-state index is 13.3. The van der Waals surface area contributed by atoms with E-state index in [2.05, 4.69) is 5.32 Å². The van der Waals surface area contributed by atoms with E-state index in [1.807, 2.05) is 62.4 Å². The Morgan fingerprint density at radius 1 is 0.903 bits per heavy atom. The van der Waals surface area contributed by atoms with Crippen LogP contribution in [0.1, 0.15) is 22.3 Å². The van der Waals surface area contributed by atoms with Gasteiger partial charge in [0.2, 0.25) is 15.9 Å². The summed E-state index contributed by atoms with van der Waals surface area (Å²) < 4.78 is 27.8. The van der Waals surface area contributed by atoms with Crippen molar-refractivity contribution in [2.45, 2.75) is 31.8 Å². The first-order valence-corrected chi connectivity index (χ1v) is 11.7. The summed E-state index contributed by atoms with van der Waals surface area (Å²) in [6.07, 6.45) is 0. The first-order valence-electron chi connectivity index (χ1n) is 9.87. The van der Waals surface area contributed by atoms with Crippen LogP contribution in [0.15, 0.2) is 77.7 Å². The second-order valence-corrected chi connectivity index (χ2v) is 9.85. The number of amides is 1. The Bertz CT molecular complexity index is 1140. The summed E-state index contributed by atoms with van der Waals surface area (Å²) in [6.45, 7) is 4.07. The predicted molar refractivity (Wildman–Crippen MR) is 123 cm³/mol. The van der Waals surface area contributed by atoms with Crippen molar-refractivity contribution in [1.29, 1.82) is 0 Å². The largest absolute Gasteiger partial charge is 0.351 e. The number of nitrogens with zero attached hydrogens (tertiary/aromatic N) is 1. The second kappa shape index (κ2) is 10.1. The number of hydrogen-bond acceptors (Lipinski definition) is 3. The smallest absolute Gasteiger partial charge is 0.243 e. The second-order valence-electron chi connectivity index (χ2n) is 7.48. The molecule has 1 amide bonds. The standard InChI is InChI=1S/C24H25ClN2O3S/c1-18-6-8-20(9-7-18)15-26-24(28)17-27(16-21-5-3-4-19(2)14-21)31(29,30)23-12-10-22(25)11-13-23/h3-14H,15-17H2,1-2H3,(H,26,28).